The molecule has 1 aromatic carbocycles. The summed E-state index contributed by atoms with van der Waals surface area (Å²) in [4.78, 5) is 16.0. The Balaban J connectivity index is 2.17. The highest BCUT2D eigenvalue weighted by atomic mass is 16.5. The van der Waals surface area contributed by atoms with Crippen LogP contribution in [0.1, 0.15) is 19.0 Å². The summed E-state index contributed by atoms with van der Waals surface area (Å²) in [5, 5.41) is 4.93. The van der Waals surface area contributed by atoms with Crippen LogP contribution in [0.2, 0.25) is 0 Å². The summed E-state index contributed by atoms with van der Waals surface area (Å²) < 4.78 is 5.23. The van der Waals surface area contributed by atoms with E-state index in [2.05, 4.69) is 10.3 Å². The Labute approximate surface area is 112 Å². The van der Waals surface area contributed by atoms with Crippen LogP contribution in [0.15, 0.2) is 30.5 Å². The maximum absolute atomic E-state index is 11.8. The van der Waals surface area contributed by atoms with Crippen LogP contribution in [-0.2, 0) is 9.53 Å². The van der Waals surface area contributed by atoms with Gasteiger partial charge in [0.05, 0.1) is 0 Å². The van der Waals surface area contributed by atoms with Gasteiger partial charge in [0.2, 0.25) is 5.91 Å². The lowest BCUT2D eigenvalue weighted by atomic mass is 10.1. The van der Waals surface area contributed by atoms with Gasteiger partial charge in [-0.05, 0) is 25.5 Å². The van der Waals surface area contributed by atoms with Crippen molar-refractivity contribution < 1.29 is 9.53 Å². The SMILES string of the molecule is CCCOCC(=O)Nc1cccc2c(C)nccc12. The second-order valence-corrected chi connectivity index (χ2v) is 4.40. The minimum Gasteiger partial charge on any atom is -0.372 e. The third-order valence-electron chi connectivity index (χ3n) is 2.86. The first kappa shape index (κ1) is 13.5. The zero-order valence-corrected chi connectivity index (χ0v) is 11.3. The maximum atomic E-state index is 11.8. The van der Waals surface area contributed by atoms with E-state index >= 15 is 0 Å². The number of pyridine rings is 1. The first-order valence-corrected chi connectivity index (χ1v) is 6.44. The van der Waals surface area contributed by atoms with Gasteiger partial charge in [-0.2, -0.15) is 0 Å². The molecule has 0 radical (unpaired) electrons. The molecule has 0 unspecified atom stereocenters. The lowest BCUT2D eigenvalue weighted by Gasteiger charge is -2.09. The molecule has 0 atom stereocenters. The fourth-order valence-corrected chi connectivity index (χ4v) is 1.96. The predicted octanol–water partition coefficient (Wildman–Crippen LogP) is 2.91. The van der Waals surface area contributed by atoms with E-state index in [1.165, 1.54) is 0 Å². The molecule has 4 nitrogen and oxygen atoms in total. The van der Waals surface area contributed by atoms with E-state index in [-0.39, 0.29) is 12.5 Å². The number of hydrogen-bond donors (Lipinski definition) is 1. The van der Waals surface area contributed by atoms with E-state index in [4.69, 9.17) is 4.74 Å². The van der Waals surface area contributed by atoms with Gasteiger partial charge in [0.1, 0.15) is 6.61 Å². The monoisotopic (exact) mass is 258 g/mol. The first-order valence-electron chi connectivity index (χ1n) is 6.44. The largest absolute Gasteiger partial charge is 0.372 e. The van der Waals surface area contributed by atoms with Crippen molar-refractivity contribution in [3.8, 4) is 0 Å². The maximum Gasteiger partial charge on any atom is 0.250 e. The second kappa shape index (κ2) is 6.29. The molecule has 0 saturated heterocycles. The molecule has 0 aliphatic carbocycles. The van der Waals surface area contributed by atoms with Gasteiger partial charge in [0.15, 0.2) is 0 Å². The number of aryl methyl sites for hydroxylation is 1. The summed E-state index contributed by atoms with van der Waals surface area (Å²) in [6.45, 7) is 4.66. The molecule has 0 saturated carbocycles. The molecule has 2 aromatic rings. The Bertz CT molecular complexity index is 581. The molecule has 1 amide bonds. The van der Waals surface area contributed by atoms with Crippen LogP contribution < -0.4 is 5.32 Å². The Morgan fingerprint density at radius 1 is 1.32 bits per heavy atom. The Kier molecular flexibility index (Phi) is 4.47. The van der Waals surface area contributed by atoms with Crippen molar-refractivity contribution in [1.29, 1.82) is 0 Å². The number of amides is 1. The summed E-state index contributed by atoms with van der Waals surface area (Å²) >= 11 is 0. The van der Waals surface area contributed by atoms with E-state index in [0.29, 0.717) is 6.61 Å². The number of rotatable bonds is 5. The zero-order chi connectivity index (χ0) is 13.7. The normalized spacial score (nSPS) is 10.6. The van der Waals surface area contributed by atoms with Crippen LogP contribution in [0.3, 0.4) is 0 Å². The molecule has 0 aliphatic heterocycles. The Morgan fingerprint density at radius 2 is 2.16 bits per heavy atom. The van der Waals surface area contributed by atoms with Gasteiger partial charge < -0.3 is 10.1 Å². The average molecular weight is 258 g/mol. The van der Waals surface area contributed by atoms with Crippen molar-refractivity contribution in [3.63, 3.8) is 0 Å². The van der Waals surface area contributed by atoms with E-state index in [0.717, 1.165) is 28.6 Å². The predicted molar refractivity (Wildman–Crippen MR) is 76.2 cm³/mol. The Hall–Kier alpha value is -1.94. The standard InChI is InChI=1S/C15H18N2O2/c1-3-9-19-10-15(18)17-14-6-4-5-12-11(2)16-8-7-13(12)14/h4-8H,3,9-10H2,1-2H3,(H,17,18). The van der Waals surface area contributed by atoms with Crippen LogP contribution in [0, 0.1) is 6.92 Å². The van der Waals surface area contributed by atoms with Gasteiger partial charge in [-0.15, -0.1) is 0 Å². The number of carbonyl (C=O) groups excluding carboxylic acids is 1. The lowest BCUT2D eigenvalue weighted by Crippen LogP contribution is -2.18. The highest BCUT2D eigenvalue weighted by molar-refractivity contribution is 6.02. The zero-order valence-electron chi connectivity index (χ0n) is 11.3. The molecule has 1 aromatic heterocycles. The number of nitrogens with one attached hydrogen (secondary N) is 1. The number of benzene rings is 1. The lowest BCUT2D eigenvalue weighted by molar-refractivity contribution is -0.120. The van der Waals surface area contributed by atoms with E-state index in [1.54, 1.807) is 6.20 Å². The molecule has 1 N–H and O–H groups in total. The summed E-state index contributed by atoms with van der Waals surface area (Å²) in [7, 11) is 0. The molecule has 0 bridgehead atoms. The summed E-state index contributed by atoms with van der Waals surface area (Å²) in [5.41, 5.74) is 1.75. The van der Waals surface area contributed by atoms with Gasteiger partial charge in [-0.3, -0.25) is 9.78 Å². The fraction of sp³-hybridized carbons (Fsp3) is 0.333. The van der Waals surface area contributed by atoms with Crippen molar-refractivity contribution in [2.45, 2.75) is 20.3 Å². The summed E-state index contributed by atoms with van der Waals surface area (Å²) in [5.74, 6) is -0.129. The number of fused-ring (bicyclic) bond motifs is 1. The number of anilines is 1. The third-order valence-corrected chi connectivity index (χ3v) is 2.86. The van der Waals surface area contributed by atoms with Crippen molar-refractivity contribution >= 4 is 22.4 Å². The van der Waals surface area contributed by atoms with Crippen molar-refractivity contribution in [2.24, 2.45) is 0 Å². The van der Waals surface area contributed by atoms with Gasteiger partial charge in [0, 0.05) is 35.0 Å². The summed E-state index contributed by atoms with van der Waals surface area (Å²) in [6, 6.07) is 7.71. The van der Waals surface area contributed by atoms with E-state index < -0.39 is 0 Å². The van der Waals surface area contributed by atoms with Crippen LogP contribution in [0.25, 0.3) is 10.8 Å². The Morgan fingerprint density at radius 3 is 2.95 bits per heavy atom. The fourth-order valence-electron chi connectivity index (χ4n) is 1.96. The average Bonchev–Trinajstić information content (AvgIpc) is 2.40. The van der Waals surface area contributed by atoms with Gasteiger partial charge >= 0.3 is 0 Å². The smallest absolute Gasteiger partial charge is 0.250 e. The molecular formula is C15H18N2O2. The van der Waals surface area contributed by atoms with Crippen LogP contribution in [-0.4, -0.2) is 24.1 Å². The molecule has 2 rings (SSSR count). The van der Waals surface area contributed by atoms with Gasteiger partial charge in [-0.25, -0.2) is 0 Å². The molecular weight excluding hydrogens is 240 g/mol. The van der Waals surface area contributed by atoms with Crippen LogP contribution >= 0.6 is 0 Å². The van der Waals surface area contributed by atoms with Crippen molar-refractivity contribution in [3.05, 3.63) is 36.2 Å². The molecule has 0 fully saturated rings. The highest BCUT2D eigenvalue weighted by Crippen LogP contribution is 2.24. The third kappa shape index (κ3) is 3.29. The van der Waals surface area contributed by atoms with Crippen molar-refractivity contribution in [2.75, 3.05) is 18.5 Å². The minimum absolute atomic E-state index is 0.0916. The molecule has 0 spiro atoms. The van der Waals surface area contributed by atoms with Crippen LogP contribution in [0.5, 0.6) is 0 Å². The molecule has 4 heteroatoms. The van der Waals surface area contributed by atoms with Crippen molar-refractivity contribution in [1.82, 2.24) is 4.98 Å². The number of hydrogen-bond acceptors (Lipinski definition) is 3. The molecule has 1 heterocycles. The molecule has 0 aliphatic rings. The number of carbonyl (C=O) groups is 1. The number of aromatic nitrogens is 1. The highest BCUT2D eigenvalue weighted by Gasteiger charge is 2.07. The van der Waals surface area contributed by atoms with Crippen LogP contribution in [0.4, 0.5) is 5.69 Å². The molecule has 19 heavy (non-hydrogen) atoms. The quantitative estimate of drug-likeness (QED) is 0.839. The van der Waals surface area contributed by atoms with Gasteiger partial charge in [0.25, 0.3) is 0 Å². The molecule has 100 valence electrons. The minimum atomic E-state index is -0.129. The number of nitrogens with zero attached hydrogens (tertiary/aromatic N) is 1. The van der Waals surface area contributed by atoms with E-state index in [9.17, 15) is 4.79 Å². The van der Waals surface area contributed by atoms with Gasteiger partial charge in [-0.1, -0.05) is 19.1 Å². The number of ether oxygens (including phenoxy) is 1. The first-order chi connectivity index (χ1) is 9.22. The second-order valence-electron chi connectivity index (χ2n) is 4.40. The van der Waals surface area contributed by atoms with E-state index in [1.807, 2.05) is 38.1 Å². The summed E-state index contributed by atoms with van der Waals surface area (Å²) in [6.07, 6.45) is 2.66. The topological polar surface area (TPSA) is 51.2 Å².